The Labute approximate surface area is 302 Å². The lowest BCUT2D eigenvalue weighted by molar-refractivity contribution is 0.620. The van der Waals surface area contributed by atoms with Crippen molar-refractivity contribution in [2.24, 2.45) is 0 Å². The number of benzene rings is 7. The number of oxazole rings is 1. The van der Waals surface area contributed by atoms with Crippen LogP contribution in [0.1, 0.15) is 0 Å². The predicted octanol–water partition coefficient (Wildman–Crippen LogP) is 11.7. The summed E-state index contributed by atoms with van der Waals surface area (Å²) in [5, 5.41) is 4.24. The first-order valence-corrected chi connectivity index (χ1v) is 17.5. The summed E-state index contributed by atoms with van der Waals surface area (Å²) < 4.78 is 14.8. The Morgan fingerprint density at radius 1 is 0.396 bits per heavy atom. The van der Waals surface area contributed by atoms with E-state index in [4.69, 9.17) is 28.8 Å². The number of aromatic nitrogens is 5. The van der Waals surface area contributed by atoms with Gasteiger partial charge in [-0.15, -0.1) is 0 Å². The van der Waals surface area contributed by atoms with Crippen molar-refractivity contribution >= 4 is 54.8 Å². The van der Waals surface area contributed by atoms with Gasteiger partial charge in [0.2, 0.25) is 5.89 Å². The van der Waals surface area contributed by atoms with Crippen LogP contribution in [0, 0.1) is 0 Å². The molecule has 0 saturated carbocycles. The number of rotatable bonds is 5. The molecule has 11 rings (SSSR count). The highest BCUT2D eigenvalue weighted by Crippen LogP contribution is 2.38. The van der Waals surface area contributed by atoms with Crippen molar-refractivity contribution in [3.05, 3.63) is 164 Å². The van der Waals surface area contributed by atoms with Crippen LogP contribution in [0.2, 0.25) is 0 Å². The summed E-state index contributed by atoms with van der Waals surface area (Å²) >= 11 is 0. The Morgan fingerprint density at radius 2 is 1.06 bits per heavy atom. The largest absolute Gasteiger partial charge is 0.456 e. The molecule has 7 heteroatoms. The summed E-state index contributed by atoms with van der Waals surface area (Å²) in [6.45, 7) is 0. The minimum Gasteiger partial charge on any atom is -0.456 e. The molecule has 7 aromatic carbocycles. The molecule has 4 heterocycles. The van der Waals surface area contributed by atoms with Crippen molar-refractivity contribution in [3.63, 3.8) is 0 Å². The van der Waals surface area contributed by atoms with Crippen molar-refractivity contribution < 1.29 is 8.83 Å². The summed E-state index contributed by atoms with van der Waals surface area (Å²) in [6.07, 6.45) is 0. The fourth-order valence-electron chi connectivity index (χ4n) is 7.45. The summed E-state index contributed by atoms with van der Waals surface area (Å²) in [5.41, 5.74) is 9.82. The minimum atomic E-state index is 0.529. The molecule has 0 aliphatic carbocycles. The topological polar surface area (TPSA) is 82.8 Å². The monoisotopic (exact) mass is 681 g/mol. The Morgan fingerprint density at radius 3 is 1.91 bits per heavy atom. The van der Waals surface area contributed by atoms with Gasteiger partial charge >= 0.3 is 0 Å². The SMILES string of the molecule is c1ccc(-c2nc3ccc(-c4nc(-c5ccc6c(c5)c5ccccc5n6-c5ccccc5)nc(-c5cccc6oc7ccccc7c56)n4)cc3o2)cc1. The fourth-order valence-corrected chi connectivity index (χ4v) is 7.45. The summed E-state index contributed by atoms with van der Waals surface area (Å²) in [7, 11) is 0. The van der Waals surface area contributed by atoms with Gasteiger partial charge in [-0.2, -0.15) is 0 Å². The fraction of sp³-hybridized carbons (Fsp3) is 0. The van der Waals surface area contributed by atoms with Gasteiger partial charge in [-0.1, -0.05) is 84.9 Å². The molecule has 0 bridgehead atoms. The van der Waals surface area contributed by atoms with E-state index in [-0.39, 0.29) is 0 Å². The highest BCUT2D eigenvalue weighted by molar-refractivity contribution is 6.12. The van der Waals surface area contributed by atoms with Gasteiger partial charge in [-0.05, 0) is 78.9 Å². The summed E-state index contributed by atoms with van der Waals surface area (Å²) in [6, 6.07) is 55.3. The van der Waals surface area contributed by atoms with Crippen LogP contribution in [-0.2, 0) is 0 Å². The molecular formula is C46H27N5O2. The maximum atomic E-state index is 6.27. The van der Waals surface area contributed by atoms with E-state index in [1.165, 1.54) is 0 Å². The highest BCUT2D eigenvalue weighted by Gasteiger charge is 2.20. The van der Waals surface area contributed by atoms with E-state index in [1.807, 2.05) is 84.9 Å². The third-order valence-electron chi connectivity index (χ3n) is 9.89. The highest BCUT2D eigenvalue weighted by atomic mass is 16.3. The number of nitrogens with zero attached hydrogens (tertiary/aromatic N) is 5. The number of fused-ring (bicyclic) bond motifs is 7. The average Bonchev–Trinajstić information content (AvgIpc) is 3.93. The molecule has 7 nitrogen and oxygen atoms in total. The van der Waals surface area contributed by atoms with Crippen molar-refractivity contribution in [2.45, 2.75) is 0 Å². The van der Waals surface area contributed by atoms with Gasteiger partial charge in [0.1, 0.15) is 16.7 Å². The third kappa shape index (κ3) is 4.75. The van der Waals surface area contributed by atoms with Crippen LogP contribution >= 0.6 is 0 Å². The van der Waals surface area contributed by atoms with Crippen molar-refractivity contribution in [2.75, 3.05) is 0 Å². The third-order valence-corrected chi connectivity index (χ3v) is 9.89. The lowest BCUT2D eigenvalue weighted by Crippen LogP contribution is -2.00. The minimum absolute atomic E-state index is 0.529. The maximum absolute atomic E-state index is 6.27. The summed E-state index contributed by atoms with van der Waals surface area (Å²) in [5.74, 6) is 2.21. The molecular weight excluding hydrogens is 655 g/mol. The first kappa shape index (κ1) is 29.4. The molecule has 0 amide bonds. The van der Waals surface area contributed by atoms with Crippen molar-refractivity contribution in [1.29, 1.82) is 0 Å². The van der Waals surface area contributed by atoms with E-state index in [2.05, 4.69) is 83.4 Å². The standard InChI is InChI=1S/C46H27N5O2/c1-3-12-28(13-4-1)46-47-36-24-22-30(27-41(36)53-46)44-48-43(49-45(50-44)34-18-11-21-40-42(34)33-17-8-10-20-39(33)52-40)29-23-25-38-35(26-29)32-16-7-9-19-37(32)51(38)31-14-5-2-6-15-31/h1-27H. The van der Waals surface area contributed by atoms with Crippen LogP contribution in [0.4, 0.5) is 0 Å². The second-order valence-corrected chi connectivity index (χ2v) is 13.1. The average molecular weight is 682 g/mol. The van der Waals surface area contributed by atoms with Gasteiger partial charge in [0.15, 0.2) is 23.1 Å². The van der Waals surface area contributed by atoms with Crippen LogP contribution < -0.4 is 0 Å². The van der Waals surface area contributed by atoms with Crippen LogP contribution in [0.15, 0.2) is 173 Å². The van der Waals surface area contributed by atoms with E-state index < -0.39 is 0 Å². The zero-order valence-corrected chi connectivity index (χ0v) is 28.1. The molecule has 0 aliphatic heterocycles. The van der Waals surface area contributed by atoms with Crippen LogP contribution in [0.3, 0.4) is 0 Å². The number of para-hydroxylation sites is 3. The van der Waals surface area contributed by atoms with Gasteiger partial charge in [0.05, 0.1) is 11.0 Å². The van der Waals surface area contributed by atoms with E-state index in [0.29, 0.717) is 28.9 Å². The van der Waals surface area contributed by atoms with Crippen LogP contribution in [0.25, 0.3) is 106 Å². The molecule has 0 atom stereocenters. The molecule has 0 N–H and O–H groups in total. The smallest absolute Gasteiger partial charge is 0.227 e. The molecule has 0 radical (unpaired) electrons. The predicted molar refractivity (Wildman–Crippen MR) is 211 cm³/mol. The maximum Gasteiger partial charge on any atom is 0.227 e. The Balaban J connectivity index is 1.14. The normalized spacial score (nSPS) is 11.8. The Hall–Kier alpha value is -7.38. The molecule has 0 fully saturated rings. The quantitative estimate of drug-likeness (QED) is 0.180. The number of hydrogen-bond acceptors (Lipinski definition) is 6. The lowest BCUT2D eigenvalue weighted by atomic mass is 10.0. The zero-order chi connectivity index (χ0) is 34.9. The van der Waals surface area contributed by atoms with Gasteiger partial charge in [-0.3, -0.25) is 0 Å². The number of furan rings is 1. The molecule has 0 saturated heterocycles. The van der Waals surface area contributed by atoms with Gasteiger partial charge in [-0.25, -0.2) is 19.9 Å². The van der Waals surface area contributed by atoms with Gasteiger partial charge in [0.25, 0.3) is 0 Å². The first-order valence-electron chi connectivity index (χ1n) is 17.5. The lowest BCUT2D eigenvalue weighted by Gasteiger charge is -2.10. The Kier molecular flexibility index (Phi) is 6.42. The van der Waals surface area contributed by atoms with Crippen LogP contribution in [-0.4, -0.2) is 24.5 Å². The van der Waals surface area contributed by atoms with Crippen LogP contribution in [0.5, 0.6) is 0 Å². The molecule has 53 heavy (non-hydrogen) atoms. The second kappa shape index (κ2) is 11.6. The van der Waals surface area contributed by atoms with E-state index in [9.17, 15) is 0 Å². The second-order valence-electron chi connectivity index (χ2n) is 13.1. The van der Waals surface area contributed by atoms with E-state index in [0.717, 1.165) is 77.2 Å². The molecule has 4 aromatic heterocycles. The summed E-state index contributed by atoms with van der Waals surface area (Å²) in [4.78, 5) is 20.2. The first-order chi connectivity index (χ1) is 26.2. The van der Waals surface area contributed by atoms with E-state index >= 15 is 0 Å². The van der Waals surface area contributed by atoms with Crippen molar-refractivity contribution in [3.8, 4) is 51.3 Å². The molecule has 0 spiro atoms. The Bertz CT molecular complexity index is 3180. The van der Waals surface area contributed by atoms with E-state index in [1.54, 1.807) is 0 Å². The zero-order valence-electron chi connectivity index (χ0n) is 28.1. The molecule has 248 valence electrons. The van der Waals surface area contributed by atoms with Crippen molar-refractivity contribution in [1.82, 2.24) is 24.5 Å². The molecule has 0 aliphatic rings. The molecule has 0 unspecified atom stereocenters. The van der Waals surface area contributed by atoms with Gasteiger partial charge < -0.3 is 13.4 Å². The van der Waals surface area contributed by atoms with Gasteiger partial charge in [0, 0.05) is 49.5 Å². The molecule has 11 aromatic rings. The number of hydrogen-bond donors (Lipinski definition) is 0.